The van der Waals surface area contributed by atoms with Crippen molar-refractivity contribution >= 4 is 10.9 Å². The largest absolute Gasteiger partial charge is 0.350 e. The lowest BCUT2D eigenvalue weighted by Crippen LogP contribution is -2.08. The zero-order valence-corrected chi connectivity index (χ0v) is 8.07. The summed E-state index contributed by atoms with van der Waals surface area (Å²) in [5, 5.41) is 1.06. The van der Waals surface area contributed by atoms with Crippen molar-refractivity contribution in [2.75, 3.05) is 6.54 Å². The number of nitrogens with zero attached hydrogens (tertiary/aromatic N) is 1. The monoisotopic (exact) mass is 192 g/mol. The Balaban J connectivity index is 2.69. The SMILES string of the molecule is Cn1ccc2cccc(C(F)CN)c21. The van der Waals surface area contributed by atoms with Gasteiger partial charge in [0.1, 0.15) is 6.17 Å². The number of benzene rings is 1. The molecule has 2 nitrogen and oxygen atoms in total. The first-order valence-corrected chi connectivity index (χ1v) is 4.62. The second-order valence-corrected chi connectivity index (χ2v) is 3.41. The number of nitrogens with two attached hydrogens (primary N) is 1. The molecule has 0 aliphatic carbocycles. The summed E-state index contributed by atoms with van der Waals surface area (Å²) in [6, 6.07) is 7.60. The number of para-hydroxylation sites is 1. The fourth-order valence-corrected chi connectivity index (χ4v) is 1.77. The molecule has 1 aromatic heterocycles. The molecule has 2 rings (SSSR count). The number of aryl methyl sites for hydroxylation is 1. The molecular formula is C11H13FN2. The standard InChI is InChI=1S/C11H13FN2/c1-14-6-5-8-3-2-4-9(11(8)14)10(12)7-13/h2-6,10H,7,13H2,1H3. The molecule has 1 unspecified atom stereocenters. The predicted molar refractivity (Wildman–Crippen MR) is 55.8 cm³/mol. The van der Waals surface area contributed by atoms with Crippen LogP contribution in [0.1, 0.15) is 11.7 Å². The van der Waals surface area contributed by atoms with Gasteiger partial charge >= 0.3 is 0 Å². The average molecular weight is 192 g/mol. The molecule has 2 N–H and O–H groups in total. The Morgan fingerprint density at radius 3 is 2.93 bits per heavy atom. The average Bonchev–Trinajstić information content (AvgIpc) is 2.59. The predicted octanol–water partition coefficient (Wildman–Crippen LogP) is 2.15. The third-order valence-corrected chi connectivity index (χ3v) is 2.47. The molecule has 0 saturated heterocycles. The smallest absolute Gasteiger partial charge is 0.139 e. The maximum Gasteiger partial charge on any atom is 0.139 e. The van der Waals surface area contributed by atoms with Crippen molar-refractivity contribution in [2.45, 2.75) is 6.17 Å². The van der Waals surface area contributed by atoms with E-state index in [1.54, 1.807) is 6.07 Å². The van der Waals surface area contributed by atoms with Gasteiger partial charge in [-0.25, -0.2) is 4.39 Å². The van der Waals surface area contributed by atoms with Gasteiger partial charge in [0.25, 0.3) is 0 Å². The highest BCUT2D eigenvalue weighted by Crippen LogP contribution is 2.26. The molecule has 0 amide bonds. The van der Waals surface area contributed by atoms with E-state index in [0.29, 0.717) is 5.56 Å². The second kappa shape index (κ2) is 3.42. The van der Waals surface area contributed by atoms with Crippen molar-refractivity contribution in [1.82, 2.24) is 4.57 Å². The molecule has 0 aliphatic rings. The fourth-order valence-electron chi connectivity index (χ4n) is 1.77. The van der Waals surface area contributed by atoms with Gasteiger partial charge in [-0.05, 0) is 11.5 Å². The van der Waals surface area contributed by atoms with Crippen LogP contribution >= 0.6 is 0 Å². The van der Waals surface area contributed by atoms with Crippen LogP contribution in [0.3, 0.4) is 0 Å². The van der Waals surface area contributed by atoms with Crippen LogP contribution in [-0.4, -0.2) is 11.1 Å². The molecular weight excluding hydrogens is 179 g/mol. The summed E-state index contributed by atoms with van der Waals surface area (Å²) in [7, 11) is 1.91. The number of halogens is 1. The van der Waals surface area contributed by atoms with Gasteiger partial charge in [-0.1, -0.05) is 18.2 Å². The highest BCUT2D eigenvalue weighted by atomic mass is 19.1. The lowest BCUT2D eigenvalue weighted by Gasteiger charge is -2.08. The molecule has 3 heteroatoms. The van der Waals surface area contributed by atoms with Gasteiger partial charge in [-0.2, -0.15) is 0 Å². The number of hydrogen-bond donors (Lipinski definition) is 1. The Kier molecular flexibility index (Phi) is 2.25. The van der Waals surface area contributed by atoms with Crippen LogP contribution < -0.4 is 5.73 Å². The number of fused-ring (bicyclic) bond motifs is 1. The maximum absolute atomic E-state index is 13.5. The molecule has 1 aromatic carbocycles. The van der Waals surface area contributed by atoms with Gasteiger partial charge in [-0.3, -0.25) is 0 Å². The van der Waals surface area contributed by atoms with Gasteiger partial charge in [0.15, 0.2) is 0 Å². The highest BCUT2D eigenvalue weighted by Gasteiger charge is 2.12. The van der Waals surface area contributed by atoms with Crippen LogP contribution in [0, 0.1) is 0 Å². The van der Waals surface area contributed by atoms with E-state index in [4.69, 9.17) is 5.73 Å². The number of hydrogen-bond acceptors (Lipinski definition) is 1. The molecule has 74 valence electrons. The minimum atomic E-state index is -1.08. The molecule has 0 saturated carbocycles. The second-order valence-electron chi connectivity index (χ2n) is 3.41. The third kappa shape index (κ3) is 1.30. The summed E-state index contributed by atoms with van der Waals surface area (Å²) >= 11 is 0. The van der Waals surface area contributed by atoms with Crippen LogP contribution in [0.2, 0.25) is 0 Å². The zero-order valence-electron chi connectivity index (χ0n) is 8.07. The van der Waals surface area contributed by atoms with Crippen molar-refractivity contribution in [3.8, 4) is 0 Å². The van der Waals surface area contributed by atoms with Crippen LogP contribution in [0.25, 0.3) is 10.9 Å². The first-order chi connectivity index (χ1) is 6.74. The van der Waals surface area contributed by atoms with E-state index < -0.39 is 6.17 Å². The molecule has 2 aromatic rings. The Morgan fingerprint density at radius 1 is 1.43 bits per heavy atom. The van der Waals surface area contributed by atoms with Gasteiger partial charge in [0.05, 0.1) is 5.52 Å². The summed E-state index contributed by atoms with van der Waals surface area (Å²) in [5.74, 6) is 0. The summed E-state index contributed by atoms with van der Waals surface area (Å²) in [5.41, 5.74) is 6.94. The highest BCUT2D eigenvalue weighted by molar-refractivity contribution is 5.83. The third-order valence-electron chi connectivity index (χ3n) is 2.47. The molecule has 0 fully saturated rings. The lowest BCUT2D eigenvalue weighted by molar-refractivity contribution is 0.354. The van der Waals surface area contributed by atoms with E-state index in [-0.39, 0.29) is 6.54 Å². The minimum Gasteiger partial charge on any atom is -0.350 e. The number of aromatic nitrogens is 1. The molecule has 0 radical (unpaired) electrons. The quantitative estimate of drug-likeness (QED) is 0.776. The normalized spacial score (nSPS) is 13.4. The van der Waals surface area contributed by atoms with E-state index in [1.165, 1.54) is 0 Å². The van der Waals surface area contributed by atoms with Crippen LogP contribution in [0.5, 0.6) is 0 Å². The minimum absolute atomic E-state index is 0.0320. The van der Waals surface area contributed by atoms with Crippen molar-refractivity contribution in [3.63, 3.8) is 0 Å². The Labute approximate surface area is 82.1 Å². The molecule has 0 bridgehead atoms. The van der Waals surface area contributed by atoms with Gasteiger partial charge in [-0.15, -0.1) is 0 Å². The first kappa shape index (κ1) is 9.21. The Morgan fingerprint density at radius 2 is 2.21 bits per heavy atom. The maximum atomic E-state index is 13.5. The van der Waals surface area contributed by atoms with Crippen LogP contribution in [0.15, 0.2) is 30.5 Å². The number of alkyl halides is 1. The fraction of sp³-hybridized carbons (Fsp3) is 0.273. The molecule has 14 heavy (non-hydrogen) atoms. The summed E-state index contributed by atoms with van der Waals surface area (Å²) < 4.78 is 15.4. The summed E-state index contributed by atoms with van der Waals surface area (Å²) in [6.45, 7) is 0.0320. The molecule has 1 heterocycles. The van der Waals surface area contributed by atoms with Crippen molar-refractivity contribution in [2.24, 2.45) is 12.8 Å². The van der Waals surface area contributed by atoms with E-state index >= 15 is 0 Å². The van der Waals surface area contributed by atoms with E-state index in [9.17, 15) is 4.39 Å². The van der Waals surface area contributed by atoms with E-state index in [0.717, 1.165) is 10.9 Å². The lowest BCUT2D eigenvalue weighted by atomic mass is 10.1. The Hall–Kier alpha value is -1.35. The molecule has 0 spiro atoms. The van der Waals surface area contributed by atoms with Crippen molar-refractivity contribution in [1.29, 1.82) is 0 Å². The first-order valence-electron chi connectivity index (χ1n) is 4.62. The molecule has 0 aliphatic heterocycles. The van der Waals surface area contributed by atoms with Crippen LogP contribution in [-0.2, 0) is 7.05 Å². The van der Waals surface area contributed by atoms with Crippen LogP contribution in [0.4, 0.5) is 4.39 Å². The molecule has 1 atom stereocenters. The number of rotatable bonds is 2. The van der Waals surface area contributed by atoms with Crippen molar-refractivity contribution < 1.29 is 4.39 Å². The van der Waals surface area contributed by atoms with Gasteiger partial charge in [0, 0.05) is 25.4 Å². The van der Waals surface area contributed by atoms with Gasteiger partial charge in [0.2, 0.25) is 0 Å². The topological polar surface area (TPSA) is 30.9 Å². The van der Waals surface area contributed by atoms with Crippen molar-refractivity contribution in [3.05, 3.63) is 36.0 Å². The summed E-state index contributed by atoms with van der Waals surface area (Å²) in [4.78, 5) is 0. The Bertz CT molecular complexity index is 447. The zero-order chi connectivity index (χ0) is 10.1. The van der Waals surface area contributed by atoms with Gasteiger partial charge < -0.3 is 10.3 Å². The van der Waals surface area contributed by atoms with E-state index in [2.05, 4.69) is 0 Å². The van der Waals surface area contributed by atoms with E-state index in [1.807, 2.05) is 36.0 Å². The summed E-state index contributed by atoms with van der Waals surface area (Å²) in [6.07, 6.45) is 0.851.